The largest absolute Gasteiger partial charge is 0.294 e. The third-order valence-electron chi connectivity index (χ3n) is 4.84. The van der Waals surface area contributed by atoms with E-state index in [1.807, 2.05) is 6.20 Å². The maximum absolute atomic E-state index is 4.37. The molecule has 2 fully saturated rings. The van der Waals surface area contributed by atoms with Gasteiger partial charge in [-0.15, -0.1) is 0 Å². The van der Waals surface area contributed by atoms with Crippen molar-refractivity contribution in [3.63, 3.8) is 0 Å². The normalized spacial score (nSPS) is 24.9. The minimum atomic E-state index is 0.312. The summed E-state index contributed by atoms with van der Waals surface area (Å²) in [6, 6.07) is 4.41. The lowest BCUT2D eigenvalue weighted by molar-refractivity contribution is 0.0301. The van der Waals surface area contributed by atoms with Gasteiger partial charge in [-0.3, -0.25) is 9.88 Å². The number of rotatable bonds is 2. The second-order valence-corrected chi connectivity index (χ2v) is 5.88. The highest BCUT2D eigenvalue weighted by atomic mass is 15.2. The molecule has 0 aromatic carbocycles. The molecule has 2 nitrogen and oxygen atoms in total. The SMILES string of the molecule is c1cncc(C2(N3CCCCC3)CCCCC2)c1. The van der Waals surface area contributed by atoms with E-state index in [2.05, 4.69) is 28.2 Å². The van der Waals surface area contributed by atoms with Crippen LogP contribution in [-0.2, 0) is 5.54 Å². The molecule has 1 aliphatic heterocycles. The molecule has 18 heavy (non-hydrogen) atoms. The van der Waals surface area contributed by atoms with Gasteiger partial charge in [0.2, 0.25) is 0 Å². The van der Waals surface area contributed by atoms with Crippen LogP contribution in [0.5, 0.6) is 0 Å². The maximum atomic E-state index is 4.37. The van der Waals surface area contributed by atoms with E-state index in [-0.39, 0.29) is 0 Å². The Balaban J connectivity index is 1.92. The van der Waals surface area contributed by atoms with Crippen molar-refractivity contribution in [3.8, 4) is 0 Å². The zero-order valence-electron chi connectivity index (χ0n) is 11.3. The van der Waals surface area contributed by atoms with E-state index in [0.29, 0.717) is 5.54 Å². The fraction of sp³-hybridized carbons (Fsp3) is 0.688. The van der Waals surface area contributed by atoms with E-state index in [4.69, 9.17) is 0 Å². The van der Waals surface area contributed by atoms with E-state index in [0.717, 1.165) is 0 Å². The van der Waals surface area contributed by atoms with Gasteiger partial charge in [0.15, 0.2) is 0 Å². The first-order valence-corrected chi connectivity index (χ1v) is 7.57. The molecule has 0 atom stereocenters. The zero-order valence-corrected chi connectivity index (χ0v) is 11.3. The van der Waals surface area contributed by atoms with Crippen LogP contribution in [0.3, 0.4) is 0 Å². The molecular weight excluding hydrogens is 220 g/mol. The molecule has 1 aromatic heterocycles. The molecule has 1 aromatic rings. The Morgan fingerprint density at radius 3 is 2.33 bits per heavy atom. The molecule has 98 valence electrons. The monoisotopic (exact) mass is 244 g/mol. The van der Waals surface area contributed by atoms with Gasteiger partial charge in [-0.2, -0.15) is 0 Å². The summed E-state index contributed by atoms with van der Waals surface area (Å²) in [7, 11) is 0. The molecule has 0 unspecified atom stereocenters. The van der Waals surface area contributed by atoms with Crippen LogP contribution in [0.15, 0.2) is 24.5 Å². The first-order valence-electron chi connectivity index (χ1n) is 7.57. The topological polar surface area (TPSA) is 16.1 Å². The first kappa shape index (κ1) is 12.2. The number of pyridine rings is 1. The molecule has 1 saturated carbocycles. The predicted molar refractivity (Wildman–Crippen MR) is 74.4 cm³/mol. The highest BCUT2D eigenvalue weighted by molar-refractivity contribution is 5.22. The van der Waals surface area contributed by atoms with Gasteiger partial charge >= 0.3 is 0 Å². The molecule has 1 aliphatic carbocycles. The summed E-state index contributed by atoms with van der Waals surface area (Å²) in [5.41, 5.74) is 1.78. The standard InChI is InChI=1S/C16H24N2/c1-3-9-16(10-4-1,15-8-7-11-17-14-15)18-12-5-2-6-13-18/h7-8,11,14H,1-6,9-10,12-13H2. The molecule has 0 N–H and O–H groups in total. The van der Waals surface area contributed by atoms with Crippen LogP contribution >= 0.6 is 0 Å². The van der Waals surface area contributed by atoms with Crippen LogP contribution < -0.4 is 0 Å². The molecule has 0 spiro atoms. The number of hydrogen-bond acceptors (Lipinski definition) is 2. The Labute approximate surface area is 110 Å². The number of piperidine rings is 1. The Kier molecular flexibility index (Phi) is 3.64. The lowest BCUT2D eigenvalue weighted by Gasteiger charge is -2.48. The van der Waals surface area contributed by atoms with Crippen LogP contribution in [0.1, 0.15) is 56.9 Å². The minimum Gasteiger partial charge on any atom is -0.294 e. The lowest BCUT2D eigenvalue weighted by atomic mass is 9.75. The molecule has 2 heterocycles. The van der Waals surface area contributed by atoms with E-state index >= 15 is 0 Å². The van der Waals surface area contributed by atoms with Crippen molar-refractivity contribution in [3.05, 3.63) is 30.1 Å². The summed E-state index contributed by atoms with van der Waals surface area (Å²) >= 11 is 0. The van der Waals surface area contributed by atoms with Crippen LogP contribution in [0.4, 0.5) is 0 Å². The number of likely N-dealkylation sites (tertiary alicyclic amines) is 1. The van der Waals surface area contributed by atoms with Gasteiger partial charge in [-0.25, -0.2) is 0 Å². The Morgan fingerprint density at radius 1 is 0.944 bits per heavy atom. The Morgan fingerprint density at radius 2 is 1.67 bits per heavy atom. The van der Waals surface area contributed by atoms with Crippen molar-refractivity contribution < 1.29 is 0 Å². The van der Waals surface area contributed by atoms with Crippen molar-refractivity contribution in [1.82, 2.24) is 9.88 Å². The summed E-state index contributed by atoms with van der Waals surface area (Å²) in [6.45, 7) is 2.57. The van der Waals surface area contributed by atoms with Gasteiger partial charge in [0.25, 0.3) is 0 Å². The Bertz CT molecular complexity index is 362. The number of aromatic nitrogens is 1. The van der Waals surface area contributed by atoms with E-state index < -0.39 is 0 Å². The number of nitrogens with zero attached hydrogens (tertiary/aromatic N) is 2. The van der Waals surface area contributed by atoms with Crippen LogP contribution in [0, 0.1) is 0 Å². The fourth-order valence-corrected chi connectivity index (χ4v) is 3.88. The van der Waals surface area contributed by atoms with Crippen LogP contribution in [0.2, 0.25) is 0 Å². The molecule has 2 heteroatoms. The third-order valence-corrected chi connectivity index (χ3v) is 4.84. The highest BCUT2D eigenvalue weighted by Gasteiger charge is 2.39. The average molecular weight is 244 g/mol. The molecule has 0 radical (unpaired) electrons. The lowest BCUT2D eigenvalue weighted by Crippen LogP contribution is -2.49. The Hall–Kier alpha value is -0.890. The summed E-state index contributed by atoms with van der Waals surface area (Å²) < 4.78 is 0. The van der Waals surface area contributed by atoms with Crippen molar-refractivity contribution in [1.29, 1.82) is 0 Å². The summed E-state index contributed by atoms with van der Waals surface area (Å²) in [6.07, 6.45) is 15.0. The van der Waals surface area contributed by atoms with Crippen molar-refractivity contribution in [2.24, 2.45) is 0 Å². The van der Waals surface area contributed by atoms with E-state index in [1.54, 1.807) is 0 Å². The predicted octanol–water partition coefficient (Wildman–Crippen LogP) is 3.73. The van der Waals surface area contributed by atoms with Gasteiger partial charge in [-0.1, -0.05) is 31.7 Å². The molecular formula is C16H24N2. The molecule has 1 saturated heterocycles. The first-order chi connectivity index (χ1) is 8.92. The van der Waals surface area contributed by atoms with Gasteiger partial charge < -0.3 is 0 Å². The molecule has 2 aliphatic rings. The second-order valence-electron chi connectivity index (χ2n) is 5.88. The summed E-state index contributed by atoms with van der Waals surface area (Å²) in [5.74, 6) is 0. The fourth-order valence-electron chi connectivity index (χ4n) is 3.88. The van der Waals surface area contributed by atoms with Crippen molar-refractivity contribution in [2.75, 3.05) is 13.1 Å². The maximum Gasteiger partial charge on any atom is 0.0475 e. The highest BCUT2D eigenvalue weighted by Crippen LogP contribution is 2.43. The van der Waals surface area contributed by atoms with Crippen molar-refractivity contribution in [2.45, 2.75) is 56.9 Å². The number of hydrogen-bond donors (Lipinski definition) is 0. The van der Waals surface area contributed by atoms with Crippen LogP contribution in [-0.4, -0.2) is 23.0 Å². The van der Waals surface area contributed by atoms with E-state index in [9.17, 15) is 0 Å². The minimum absolute atomic E-state index is 0.312. The molecule has 3 rings (SSSR count). The van der Waals surface area contributed by atoms with Gasteiger partial charge in [0.1, 0.15) is 0 Å². The summed E-state index contributed by atoms with van der Waals surface area (Å²) in [5, 5.41) is 0. The average Bonchev–Trinajstić information content (AvgIpc) is 2.50. The molecule has 0 bridgehead atoms. The van der Waals surface area contributed by atoms with Gasteiger partial charge in [0, 0.05) is 17.9 Å². The van der Waals surface area contributed by atoms with Crippen molar-refractivity contribution >= 4 is 0 Å². The summed E-state index contributed by atoms with van der Waals surface area (Å²) in [4.78, 5) is 7.14. The quantitative estimate of drug-likeness (QED) is 0.788. The van der Waals surface area contributed by atoms with Gasteiger partial charge in [0.05, 0.1) is 0 Å². The van der Waals surface area contributed by atoms with Crippen LogP contribution in [0.25, 0.3) is 0 Å². The third kappa shape index (κ3) is 2.18. The zero-order chi connectivity index (χ0) is 12.3. The smallest absolute Gasteiger partial charge is 0.0475 e. The van der Waals surface area contributed by atoms with E-state index in [1.165, 1.54) is 70.0 Å². The molecule has 0 amide bonds. The second kappa shape index (κ2) is 5.40. The van der Waals surface area contributed by atoms with Gasteiger partial charge in [-0.05, 0) is 50.4 Å².